The van der Waals surface area contributed by atoms with Crippen LogP contribution < -0.4 is 52.0 Å². The third-order valence-electron chi connectivity index (χ3n) is 17.9. The molecule has 2 saturated heterocycles. The van der Waals surface area contributed by atoms with Gasteiger partial charge < -0.3 is 72.0 Å². The van der Waals surface area contributed by atoms with E-state index < -0.39 is 132 Å². The van der Waals surface area contributed by atoms with Gasteiger partial charge in [0.2, 0.25) is 47.3 Å². The molecule has 0 spiro atoms. The van der Waals surface area contributed by atoms with E-state index in [-0.39, 0.29) is 77.7 Å². The zero-order valence-corrected chi connectivity index (χ0v) is 55.3. The number of nitrogens with one attached hydrogen (secondary N) is 8. The Balaban J connectivity index is 1.02. The van der Waals surface area contributed by atoms with Gasteiger partial charge in [-0.05, 0) is 87.3 Å². The van der Waals surface area contributed by atoms with Crippen LogP contribution >= 0.6 is 0 Å². The maximum atomic E-state index is 14.9. The molecule has 6 aromatic rings. The molecule has 10 N–H and O–H groups in total. The summed E-state index contributed by atoms with van der Waals surface area (Å²) in [4.78, 5) is 143. The van der Waals surface area contributed by atoms with E-state index in [4.69, 9.17) is 9.47 Å². The minimum absolute atomic E-state index is 0.0149. The molecule has 12 bridgehead atoms. The summed E-state index contributed by atoms with van der Waals surface area (Å²) in [5, 5.41) is 60.7. The van der Waals surface area contributed by atoms with E-state index in [1.807, 2.05) is 0 Å². The van der Waals surface area contributed by atoms with Crippen molar-refractivity contribution in [1.82, 2.24) is 82.3 Å². The molecule has 8 heterocycles. The number of benzene rings is 4. The number of carbonyl (C=O) groups excluding carboxylic acids is 8. The first kappa shape index (κ1) is 71.7. The zero-order valence-electron chi connectivity index (χ0n) is 55.3. The number of likely N-dealkylation sites (N-methyl/N-ethyl adjacent to an activating group) is 2. The van der Waals surface area contributed by atoms with Crippen LogP contribution in [0, 0.1) is 0 Å². The van der Waals surface area contributed by atoms with Gasteiger partial charge >= 0.3 is 11.9 Å². The molecule has 8 amide bonds. The summed E-state index contributed by atoms with van der Waals surface area (Å²) < 4.78 is 15.2. The van der Waals surface area contributed by atoms with Crippen molar-refractivity contribution in [2.75, 3.05) is 27.2 Å². The number of likely N-dealkylation sites (tertiary alicyclic amines) is 2. The predicted octanol–water partition coefficient (Wildman–Crippen LogP) is 0.710. The standard InChI is InChI=1S/C68H84N16O14/c1-7-51(71-59(85)39(3)69-5)65(91)81-35-47-31-57(81)63(89)73-53(27-41-15-11-9-12-16-41)61(87)75-55(67(93)94)29-43-21-25-50(26-22-43)98-38-46-34-84(80-78-46)48-32-58(82(36-48)66(92)52(8-2)72-60(86)40(4)70-6)64(90)74-54(28-42-17-13-10-14-18-42)62(88)76-56(68(95)96)30-44-19-23-49(24-20-44)97-37-45-33-83(47)79-77-45/h9-26,33-34,39-40,47-48,51-58,69-70H,7-8,27-32,35-38H2,1-6H3,(H,71,85)(H,72,86)(H,73,89)(H,74,90)(H,75,87)(H,76,88)(H,93,94)(H,95,96). The Bertz CT molecular complexity index is 3540. The van der Waals surface area contributed by atoms with Crippen LogP contribution in [0.4, 0.5) is 0 Å². The van der Waals surface area contributed by atoms with Crippen LogP contribution in [0.3, 0.4) is 0 Å². The molecule has 30 heteroatoms. The highest BCUT2D eigenvalue weighted by Crippen LogP contribution is 2.31. The van der Waals surface area contributed by atoms with Gasteiger partial charge in [-0.2, -0.15) is 0 Å². The number of ether oxygens (including phenoxy) is 2. The van der Waals surface area contributed by atoms with E-state index in [9.17, 15) is 58.2 Å². The number of amides is 8. The molecular weight excluding hydrogens is 1260 g/mol. The quantitative estimate of drug-likeness (QED) is 0.0638. The first-order valence-electron chi connectivity index (χ1n) is 32.7. The van der Waals surface area contributed by atoms with Gasteiger partial charge in [0.15, 0.2) is 0 Å². The normalized spacial score (nSPS) is 22.4. The maximum absolute atomic E-state index is 14.9. The fraction of sp³-hybridized carbons (Fsp3) is 0.441. The number of hydrogen-bond donors (Lipinski definition) is 10. The average Bonchev–Trinajstić information content (AvgIpc) is 1.67. The monoisotopic (exact) mass is 1350 g/mol. The molecular formula is C68H84N16O14. The van der Waals surface area contributed by atoms with Gasteiger partial charge in [0.25, 0.3) is 0 Å². The Hall–Kier alpha value is -10.6. The first-order valence-corrected chi connectivity index (χ1v) is 32.7. The lowest BCUT2D eigenvalue weighted by molar-refractivity contribution is -0.143. The second-order valence-electron chi connectivity index (χ2n) is 24.7. The molecule has 6 aliphatic heterocycles. The van der Waals surface area contributed by atoms with Crippen LogP contribution in [0.25, 0.3) is 0 Å². The van der Waals surface area contributed by atoms with Crippen LogP contribution in [0.2, 0.25) is 0 Å². The van der Waals surface area contributed by atoms with E-state index in [1.165, 1.54) is 19.2 Å². The topological polar surface area (TPSA) is 394 Å². The zero-order chi connectivity index (χ0) is 70.2. The lowest BCUT2D eigenvalue weighted by atomic mass is 10.0. The molecule has 30 nitrogen and oxygen atoms in total. The lowest BCUT2D eigenvalue weighted by Crippen LogP contribution is -2.58. The van der Waals surface area contributed by atoms with Crippen LogP contribution in [0.5, 0.6) is 11.5 Å². The molecule has 4 aromatic carbocycles. The largest absolute Gasteiger partial charge is 0.487 e. The molecule has 12 unspecified atom stereocenters. The highest BCUT2D eigenvalue weighted by Gasteiger charge is 2.46. The second-order valence-corrected chi connectivity index (χ2v) is 24.7. The van der Waals surface area contributed by atoms with Crippen LogP contribution in [-0.4, -0.2) is 197 Å². The summed E-state index contributed by atoms with van der Waals surface area (Å²) in [5.41, 5.74) is 2.98. The number of rotatable bonds is 16. The summed E-state index contributed by atoms with van der Waals surface area (Å²) in [7, 11) is 3.20. The van der Waals surface area contributed by atoms with Gasteiger partial charge in [0.05, 0.1) is 36.6 Å². The number of aliphatic carboxylic acids is 2. The van der Waals surface area contributed by atoms with Crippen molar-refractivity contribution < 1.29 is 67.6 Å². The maximum Gasteiger partial charge on any atom is 0.326 e. The van der Waals surface area contributed by atoms with Gasteiger partial charge in [0, 0.05) is 51.6 Å². The van der Waals surface area contributed by atoms with Crippen LogP contribution in [0.15, 0.2) is 122 Å². The van der Waals surface area contributed by atoms with E-state index in [1.54, 1.807) is 163 Å². The fourth-order valence-corrected chi connectivity index (χ4v) is 11.9. The number of carboxylic acids is 2. The van der Waals surface area contributed by atoms with E-state index in [0.29, 0.717) is 45.1 Å². The minimum atomic E-state index is -1.49. The summed E-state index contributed by atoms with van der Waals surface area (Å²) in [6.45, 7) is 6.35. The van der Waals surface area contributed by atoms with Crippen molar-refractivity contribution in [3.05, 3.63) is 155 Å². The summed E-state index contributed by atoms with van der Waals surface area (Å²) in [6.07, 6.45) is 3.00. The number of carbonyl (C=O) groups is 10. The second kappa shape index (κ2) is 33.4. The lowest BCUT2D eigenvalue weighted by Gasteiger charge is -2.30. The predicted molar refractivity (Wildman–Crippen MR) is 352 cm³/mol. The Morgan fingerprint density at radius 3 is 1.23 bits per heavy atom. The third-order valence-corrected chi connectivity index (χ3v) is 17.9. The van der Waals surface area contributed by atoms with E-state index >= 15 is 0 Å². The molecule has 2 fully saturated rings. The smallest absolute Gasteiger partial charge is 0.326 e. The van der Waals surface area contributed by atoms with Gasteiger partial charge in [-0.1, -0.05) is 109 Å². The molecule has 0 saturated carbocycles. The van der Waals surface area contributed by atoms with Gasteiger partial charge in [-0.15, -0.1) is 10.2 Å². The first-order chi connectivity index (χ1) is 47.1. The van der Waals surface area contributed by atoms with Crippen LogP contribution in [-0.2, 0) is 86.8 Å². The average molecular weight is 1350 g/mol. The van der Waals surface area contributed by atoms with Crippen molar-refractivity contribution in [1.29, 1.82) is 0 Å². The fourth-order valence-electron chi connectivity index (χ4n) is 11.9. The SMILES string of the molecule is CCC(NC(=O)C(C)NC)C(=O)N1CC2CC1C(=O)NC(Cc1ccccc1)C(=O)NC(C(=O)O)Cc1ccc(cc1)OCc1cn(nn1)C1CC(C(=O)NC(Cc3ccccc3)C(=O)NC(C(=O)O)Cc3ccc(cc3)OCc3cn2nn3)N(C(=O)C(CC)NC(=O)C(C)NC)C1. The summed E-state index contributed by atoms with van der Waals surface area (Å²) in [5.74, 6) is -7.08. The van der Waals surface area contributed by atoms with Crippen molar-refractivity contribution in [3.63, 3.8) is 0 Å². The molecule has 2 aromatic heterocycles. The molecule has 520 valence electrons. The third kappa shape index (κ3) is 18.5. The Kier molecular flexibility index (Phi) is 24.4. The van der Waals surface area contributed by atoms with Crippen molar-refractivity contribution in [3.8, 4) is 11.5 Å². The Morgan fingerprint density at radius 2 is 0.898 bits per heavy atom. The van der Waals surface area contributed by atoms with E-state index in [0.717, 1.165) is 0 Å². The highest BCUT2D eigenvalue weighted by atomic mass is 16.5. The van der Waals surface area contributed by atoms with E-state index in [2.05, 4.69) is 63.2 Å². The van der Waals surface area contributed by atoms with Gasteiger partial charge in [-0.25, -0.2) is 19.0 Å². The van der Waals surface area contributed by atoms with Crippen LogP contribution in [0.1, 0.15) is 99.1 Å². The molecule has 0 radical (unpaired) electrons. The minimum Gasteiger partial charge on any atom is -0.487 e. The van der Waals surface area contributed by atoms with Crippen molar-refractivity contribution >= 4 is 59.2 Å². The molecule has 12 atom stereocenters. The van der Waals surface area contributed by atoms with Gasteiger partial charge in [-0.3, -0.25) is 38.4 Å². The molecule has 98 heavy (non-hydrogen) atoms. The summed E-state index contributed by atoms with van der Waals surface area (Å²) >= 11 is 0. The number of hydrogen-bond acceptors (Lipinski definition) is 18. The highest BCUT2D eigenvalue weighted by molar-refractivity contribution is 5.97. The Labute approximate surface area is 565 Å². The molecule has 6 aliphatic rings. The summed E-state index contributed by atoms with van der Waals surface area (Å²) in [6, 6.07) is 17.7. The number of nitrogens with zero attached hydrogens (tertiary/aromatic N) is 8. The Morgan fingerprint density at radius 1 is 0.531 bits per heavy atom. The molecule has 12 rings (SSSR count). The van der Waals surface area contributed by atoms with Crippen molar-refractivity contribution in [2.24, 2.45) is 0 Å². The molecule has 0 aliphatic carbocycles. The number of carboxylic acid groups (broad SMARTS) is 2. The van der Waals surface area contributed by atoms with Gasteiger partial charge in [0.1, 0.15) is 84.4 Å². The number of aromatic nitrogens is 6. The van der Waals surface area contributed by atoms with Crippen molar-refractivity contribution in [2.45, 2.75) is 165 Å².